The van der Waals surface area contributed by atoms with Crippen molar-refractivity contribution in [3.8, 4) is 11.5 Å². The lowest BCUT2D eigenvalue weighted by Gasteiger charge is -2.22. The van der Waals surface area contributed by atoms with Gasteiger partial charge >= 0.3 is 6.18 Å². The summed E-state index contributed by atoms with van der Waals surface area (Å²) in [6.45, 7) is 0. The molecule has 0 bridgehead atoms. The predicted octanol–water partition coefficient (Wildman–Crippen LogP) is 1.84. The van der Waals surface area contributed by atoms with E-state index >= 15 is 0 Å². The van der Waals surface area contributed by atoms with E-state index in [1.165, 1.54) is 26.4 Å². The Morgan fingerprint density at radius 1 is 1.26 bits per heavy atom. The number of rotatable bonds is 4. The summed E-state index contributed by atoms with van der Waals surface area (Å²) in [7, 11) is 2.85. The van der Waals surface area contributed by atoms with Gasteiger partial charge in [0.2, 0.25) is 17.8 Å². The van der Waals surface area contributed by atoms with Crippen LogP contribution in [0.1, 0.15) is 18.3 Å². The quantitative estimate of drug-likeness (QED) is 0.832. The number of hydrogen-bond donors (Lipinski definition) is 2. The van der Waals surface area contributed by atoms with E-state index < -0.39 is 35.8 Å². The van der Waals surface area contributed by atoms with Gasteiger partial charge in [-0.3, -0.25) is 14.9 Å². The summed E-state index contributed by atoms with van der Waals surface area (Å²) in [5.74, 6) is -2.48. The molecule has 144 valence electrons. The van der Waals surface area contributed by atoms with E-state index in [0.29, 0.717) is 11.5 Å². The van der Waals surface area contributed by atoms with Gasteiger partial charge in [0.05, 0.1) is 20.6 Å². The zero-order chi connectivity index (χ0) is 19.8. The number of nitrogens with zero attached hydrogens (tertiary/aromatic N) is 3. The number of alkyl halides is 3. The molecule has 0 saturated carbocycles. The van der Waals surface area contributed by atoms with Gasteiger partial charge in [0, 0.05) is 23.9 Å². The van der Waals surface area contributed by atoms with Gasteiger partial charge < -0.3 is 14.8 Å². The van der Waals surface area contributed by atoms with Crippen molar-refractivity contribution in [2.45, 2.75) is 18.6 Å². The molecular weight excluding hydrogens is 371 g/mol. The molecule has 2 N–H and O–H groups in total. The average Bonchev–Trinajstić information content (AvgIpc) is 3.04. The van der Waals surface area contributed by atoms with E-state index in [-0.39, 0.29) is 12.1 Å². The third-order valence-corrected chi connectivity index (χ3v) is 3.73. The number of methoxy groups -OCH3 is 2. The summed E-state index contributed by atoms with van der Waals surface area (Å²) in [6.07, 6.45) is -5.20. The van der Waals surface area contributed by atoms with Crippen molar-refractivity contribution in [3.05, 3.63) is 24.0 Å². The maximum atomic E-state index is 12.8. The summed E-state index contributed by atoms with van der Waals surface area (Å²) < 4.78 is 49.4. The molecule has 12 heteroatoms. The van der Waals surface area contributed by atoms with E-state index in [1.54, 1.807) is 6.07 Å². The SMILES string of the molecule is COc1cc(NC(=O)C2CC(=O)Nc3nc(C(F)(F)F)nn32)cc(OC)c1. The number of carbonyl (C=O) groups excluding carboxylic acids is 2. The second-order valence-corrected chi connectivity index (χ2v) is 5.56. The van der Waals surface area contributed by atoms with E-state index in [9.17, 15) is 22.8 Å². The van der Waals surface area contributed by atoms with E-state index in [0.717, 1.165) is 4.68 Å². The first-order chi connectivity index (χ1) is 12.7. The summed E-state index contributed by atoms with van der Waals surface area (Å²) in [6, 6.07) is 3.27. The van der Waals surface area contributed by atoms with Crippen LogP contribution in [-0.2, 0) is 15.8 Å². The van der Waals surface area contributed by atoms with Gasteiger partial charge in [0.15, 0.2) is 0 Å². The van der Waals surface area contributed by atoms with Crippen LogP contribution in [0.2, 0.25) is 0 Å². The monoisotopic (exact) mass is 385 g/mol. The van der Waals surface area contributed by atoms with Crippen molar-refractivity contribution in [2.75, 3.05) is 24.9 Å². The summed E-state index contributed by atoms with van der Waals surface area (Å²) in [5.41, 5.74) is 0.278. The van der Waals surface area contributed by atoms with Crippen molar-refractivity contribution in [3.63, 3.8) is 0 Å². The second kappa shape index (κ2) is 6.78. The van der Waals surface area contributed by atoms with Crippen LogP contribution in [0.25, 0.3) is 0 Å². The Hall–Kier alpha value is -3.31. The van der Waals surface area contributed by atoms with Gasteiger partial charge in [-0.1, -0.05) is 0 Å². The topological polar surface area (TPSA) is 107 Å². The molecule has 1 aromatic carbocycles. The van der Waals surface area contributed by atoms with E-state index in [1.807, 2.05) is 0 Å². The molecule has 1 aliphatic rings. The van der Waals surface area contributed by atoms with Crippen LogP contribution < -0.4 is 20.1 Å². The summed E-state index contributed by atoms with van der Waals surface area (Å²) in [5, 5.41) is 8.01. The minimum Gasteiger partial charge on any atom is -0.497 e. The average molecular weight is 385 g/mol. The van der Waals surface area contributed by atoms with Crippen LogP contribution in [0.3, 0.4) is 0 Å². The fourth-order valence-corrected chi connectivity index (χ4v) is 2.49. The summed E-state index contributed by atoms with van der Waals surface area (Å²) >= 11 is 0. The highest BCUT2D eigenvalue weighted by Gasteiger charge is 2.41. The maximum absolute atomic E-state index is 12.8. The third-order valence-electron chi connectivity index (χ3n) is 3.73. The zero-order valence-electron chi connectivity index (χ0n) is 14.1. The highest BCUT2D eigenvalue weighted by molar-refractivity contribution is 6.00. The molecule has 1 aromatic heterocycles. The van der Waals surface area contributed by atoms with E-state index in [4.69, 9.17) is 9.47 Å². The number of aromatic nitrogens is 3. The standard InChI is InChI=1S/C15H14F3N5O4/c1-26-8-3-7(4-9(5-8)27-2)19-12(25)10-6-11(24)20-14-21-13(15(16,17)18)22-23(10)14/h3-5,10H,6H2,1-2H3,(H,19,25)(H,20,21,22,24). The third kappa shape index (κ3) is 3.78. The lowest BCUT2D eigenvalue weighted by atomic mass is 10.1. The van der Waals surface area contributed by atoms with Gasteiger partial charge in [0.1, 0.15) is 17.5 Å². The van der Waals surface area contributed by atoms with E-state index in [2.05, 4.69) is 20.7 Å². The Morgan fingerprint density at radius 3 is 2.44 bits per heavy atom. The Labute approximate surface area is 150 Å². The minimum atomic E-state index is -4.81. The number of carbonyl (C=O) groups is 2. The van der Waals surface area contributed by atoms with Crippen molar-refractivity contribution in [2.24, 2.45) is 0 Å². The van der Waals surface area contributed by atoms with Gasteiger partial charge in [-0.05, 0) is 0 Å². The second-order valence-electron chi connectivity index (χ2n) is 5.56. The maximum Gasteiger partial charge on any atom is 0.453 e. The molecule has 27 heavy (non-hydrogen) atoms. The van der Waals surface area contributed by atoms with Crippen molar-refractivity contribution in [1.29, 1.82) is 0 Å². The van der Waals surface area contributed by atoms with Crippen molar-refractivity contribution >= 4 is 23.5 Å². The number of amides is 2. The number of benzene rings is 1. The number of nitrogens with one attached hydrogen (secondary N) is 2. The molecule has 0 aliphatic carbocycles. The molecule has 9 nitrogen and oxygen atoms in total. The van der Waals surface area contributed by atoms with Crippen LogP contribution in [0.15, 0.2) is 18.2 Å². The van der Waals surface area contributed by atoms with Crippen LogP contribution in [0.4, 0.5) is 24.8 Å². The first kappa shape index (κ1) is 18.5. The molecule has 2 aromatic rings. The Morgan fingerprint density at radius 2 is 1.89 bits per heavy atom. The molecule has 2 heterocycles. The Bertz CT molecular complexity index is 874. The number of ether oxygens (including phenoxy) is 2. The lowest BCUT2D eigenvalue weighted by Crippen LogP contribution is -2.36. The van der Waals surface area contributed by atoms with Crippen LogP contribution in [0, 0.1) is 0 Å². The molecule has 0 saturated heterocycles. The molecule has 1 aliphatic heterocycles. The van der Waals surface area contributed by atoms with Crippen LogP contribution in [0.5, 0.6) is 11.5 Å². The van der Waals surface area contributed by atoms with Crippen LogP contribution in [-0.4, -0.2) is 40.8 Å². The molecular formula is C15H14F3N5O4. The minimum absolute atomic E-state index is 0.278. The van der Waals surface area contributed by atoms with Gasteiger partial charge in [-0.15, -0.1) is 5.10 Å². The molecule has 0 spiro atoms. The molecule has 1 atom stereocenters. The number of halogens is 3. The number of fused-ring (bicyclic) bond motifs is 1. The number of hydrogen-bond acceptors (Lipinski definition) is 6. The van der Waals surface area contributed by atoms with Crippen molar-refractivity contribution in [1.82, 2.24) is 14.8 Å². The van der Waals surface area contributed by atoms with Gasteiger partial charge in [-0.25, -0.2) is 4.68 Å². The highest BCUT2D eigenvalue weighted by atomic mass is 19.4. The van der Waals surface area contributed by atoms with Gasteiger partial charge in [0.25, 0.3) is 5.82 Å². The molecule has 1 unspecified atom stereocenters. The fraction of sp³-hybridized carbons (Fsp3) is 0.333. The van der Waals surface area contributed by atoms with Gasteiger partial charge in [-0.2, -0.15) is 18.2 Å². The lowest BCUT2D eigenvalue weighted by molar-refractivity contribution is -0.145. The largest absolute Gasteiger partial charge is 0.497 e. The first-order valence-corrected chi connectivity index (χ1v) is 7.59. The fourth-order valence-electron chi connectivity index (χ4n) is 2.49. The molecule has 0 radical (unpaired) electrons. The van der Waals surface area contributed by atoms with Crippen LogP contribution >= 0.6 is 0 Å². The highest BCUT2D eigenvalue weighted by Crippen LogP contribution is 2.32. The normalized spacial score (nSPS) is 16.3. The predicted molar refractivity (Wildman–Crippen MR) is 85.5 cm³/mol. The smallest absolute Gasteiger partial charge is 0.453 e. The molecule has 2 amide bonds. The summed E-state index contributed by atoms with van der Waals surface area (Å²) in [4.78, 5) is 27.6. The molecule has 0 fully saturated rings. The Kier molecular flexibility index (Phi) is 4.64. The number of anilines is 2. The first-order valence-electron chi connectivity index (χ1n) is 7.59. The Balaban J connectivity index is 1.90. The zero-order valence-corrected chi connectivity index (χ0v) is 14.1. The molecule has 3 rings (SSSR count). The van der Waals surface area contributed by atoms with Crippen molar-refractivity contribution < 1.29 is 32.2 Å².